The van der Waals surface area contributed by atoms with E-state index < -0.39 is 5.97 Å². The summed E-state index contributed by atoms with van der Waals surface area (Å²) >= 11 is 0. The molecule has 0 fully saturated rings. The summed E-state index contributed by atoms with van der Waals surface area (Å²) < 4.78 is 1.25. The van der Waals surface area contributed by atoms with Crippen molar-refractivity contribution in [3.63, 3.8) is 0 Å². The molecule has 1 aromatic heterocycles. The van der Waals surface area contributed by atoms with E-state index in [2.05, 4.69) is 4.98 Å². The second-order valence-corrected chi connectivity index (χ2v) is 2.91. The summed E-state index contributed by atoms with van der Waals surface area (Å²) in [6.07, 6.45) is 1.94. The highest BCUT2D eigenvalue weighted by Gasteiger charge is 2.16. The first-order valence-electron chi connectivity index (χ1n) is 4.11. The first-order chi connectivity index (χ1) is 6.07. The zero-order valence-electron chi connectivity index (χ0n) is 7.57. The van der Waals surface area contributed by atoms with Crippen LogP contribution in [0.5, 0.6) is 0 Å². The van der Waals surface area contributed by atoms with Gasteiger partial charge in [-0.25, -0.2) is 9.59 Å². The third-order valence-corrected chi connectivity index (χ3v) is 2.06. The van der Waals surface area contributed by atoms with Crippen molar-refractivity contribution < 1.29 is 9.90 Å². The van der Waals surface area contributed by atoms with Crippen LogP contribution in [0.3, 0.4) is 0 Å². The topological polar surface area (TPSA) is 75.1 Å². The van der Waals surface area contributed by atoms with Crippen molar-refractivity contribution in [1.29, 1.82) is 0 Å². The van der Waals surface area contributed by atoms with Crippen LogP contribution in [0.1, 0.15) is 36.8 Å². The van der Waals surface area contributed by atoms with E-state index in [9.17, 15) is 9.59 Å². The molecule has 0 saturated carbocycles. The van der Waals surface area contributed by atoms with Gasteiger partial charge in [0.05, 0.1) is 0 Å². The molecule has 13 heavy (non-hydrogen) atoms. The number of hydrogen-bond donors (Lipinski definition) is 2. The van der Waals surface area contributed by atoms with Gasteiger partial charge in [0.25, 0.3) is 0 Å². The minimum Gasteiger partial charge on any atom is -0.477 e. The number of H-pyrrole nitrogens is 1. The number of aromatic carboxylic acids is 1. The molecular weight excluding hydrogens is 172 g/mol. The van der Waals surface area contributed by atoms with Crippen molar-refractivity contribution >= 4 is 5.97 Å². The standard InChI is InChI=1S/C8H12N2O3/c1-3-5(2)10-6(7(11)12)4-9-8(10)13/h4-5H,3H2,1-2H3,(H,9,13)(H,11,12). The predicted octanol–water partition coefficient (Wildman–Crippen LogP) is 0.846. The average molecular weight is 184 g/mol. The number of aromatic nitrogens is 2. The van der Waals surface area contributed by atoms with E-state index >= 15 is 0 Å². The lowest BCUT2D eigenvalue weighted by molar-refractivity contribution is 0.0682. The number of nitrogens with zero attached hydrogens (tertiary/aromatic N) is 1. The number of carboxylic acids is 1. The molecule has 1 rings (SSSR count). The van der Waals surface area contributed by atoms with Gasteiger partial charge in [0.1, 0.15) is 5.69 Å². The van der Waals surface area contributed by atoms with Gasteiger partial charge in [0.15, 0.2) is 0 Å². The molecule has 0 spiro atoms. The molecule has 2 N–H and O–H groups in total. The third-order valence-electron chi connectivity index (χ3n) is 2.06. The first kappa shape index (κ1) is 9.57. The van der Waals surface area contributed by atoms with Gasteiger partial charge in [0.2, 0.25) is 0 Å². The van der Waals surface area contributed by atoms with Gasteiger partial charge < -0.3 is 10.1 Å². The predicted molar refractivity (Wildman–Crippen MR) is 47.0 cm³/mol. The van der Waals surface area contributed by atoms with Crippen molar-refractivity contribution in [3.05, 3.63) is 22.4 Å². The number of hydrogen-bond acceptors (Lipinski definition) is 2. The number of rotatable bonds is 3. The molecule has 1 atom stereocenters. The lowest BCUT2D eigenvalue weighted by Gasteiger charge is -2.10. The Morgan fingerprint density at radius 3 is 2.85 bits per heavy atom. The fourth-order valence-corrected chi connectivity index (χ4v) is 1.16. The fraction of sp³-hybridized carbons (Fsp3) is 0.500. The Morgan fingerprint density at radius 1 is 1.77 bits per heavy atom. The molecule has 1 aromatic rings. The van der Waals surface area contributed by atoms with Crippen molar-refractivity contribution in [2.45, 2.75) is 26.3 Å². The Labute approximate surface area is 75.0 Å². The highest BCUT2D eigenvalue weighted by Crippen LogP contribution is 2.09. The zero-order chi connectivity index (χ0) is 10.0. The molecule has 5 nitrogen and oxygen atoms in total. The largest absolute Gasteiger partial charge is 0.477 e. The average Bonchev–Trinajstić information content (AvgIpc) is 2.46. The second kappa shape index (κ2) is 3.47. The zero-order valence-corrected chi connectivity index (χ0v) is 7.57. The van der Waals surface area contributed by atoms with Crippen LogP contribution in [-0.2, 0) is 0 Å². The summed E-state index contributed by atoms with van der Waals surface area (Å²) in [6, 6.07) is -0.0927. The van der Waals surface area contributed by atoms with Gasteiger partial charge in [-0.05, 0) is 13.3 Å². The summed E-state index contributed by atoms with van der Waals surface area (Å²) in [5.41, 5.74) is -0.355. The Bertz CT molecular complexity index is 364. The number of imidazole rings is 1. The highest BCUT2D eigenvalue weighted by atomic mass is 16.4. The molecule has 0 radical (unpaired) electrons. The fourth-order valence-electron chi connectivity index (χ4n) is 1.16. The van der Waals surface area contributed by atoms with Crippen LogP contribution in [0.25, 0.3) is 0 Å². The molecule has 0 bridgehead atoms. The number of carbonyl (C=O) groups is 1. The van der Waals surface area contributed by atoms with E-state index in [0.717, 1.165) is 6.42 Å². The van der Waals surface area contributed by atoms with Gasteiger partial charge >= 0.3 is 11.7 Å². The molecule has 0 aliphatic carbocycles. The van der Waals surface area contributed by atoms with Crippen LogP contribution < -0.4 is 5.69 Å². The van der Waals surface area contributed by atoms with E-state index in [1.807, 2.05) is 13.8 Å². The Kier molecular flexibility index (Phi) is 2.55. The molecule has 72 valence electrons. The van der Waals surface area contributed by atoms with E-state index in [1.165, 1.54) is 10.8 Å². The maximum atomic E-state index is 11.2. The maximum Gasteiger partial charge on any atom is 0.354 e. The molecule has 0 amide bonds. The van der Waals surface area contributed by atoms with Crippen molar-refractivity contribution in [2.75, 3.05) is 0 Å². The van der Waals surface area contributed by atoms with Crippen molar-refractivity contribution in [3.8, 4) is 0 Å². The lowest BCUT2D eigenvalue weighted by atomic mass is 10.2. The number of aromatic amines is 1. The number of nitrogens with one attached hydrogen (secondary N) is 1. The summed E-state index contributed by atoms with van der Waals surface area (Å²) in [6.45, 7) is 3.71. The van der Waals surface area contributed by atoms with E-state index in [-0.39, 0.29) is 17.4 Å². The molecule has 1 heterocycles. The third kappa shape index (κ3) is 1.63. The highest BCUT2D eigenvalue weighted by molar-refractivity contribution is 5.85. The van der Waals surface area contributed by atoms with E-state index in [0.29, 0.717) is 0 Å². The smallest absolute Gasteiger partial charge is 0.354 e. The van der Waals surface area contributed by atoms with Crippen molar-refractivity contribution in [1.82, 2.24) is 9.55 Å². The van der Waals surface area contributed by atoms with Crippen LogP contribution in [0, 0.1) is 0 Å². The molecule has 0 aliphatic heterocycles. The van der Waals surface area contributed by atoms with Crippen LogP contribution in [-0.4, -0.2) is 20.6 Å². The van der Waals surface area contributed by atoms with Crippen LogP contribution in [0.4, 0.5) is 0 Å². The second-order valence-electron chi connectivity index (χ2n) is 2.91. The SMILES string of the molecule is CCC(C)n1c(C(=O)O)c[nH]c1=O. The minimum absolute atomic E-state index is 0.0133. The maximum absolute atomic E-state index is 11.2. The molecule has 0 saturated heterocycles. The van der Waals surface area contributed by atoms with Crippen molar-refractivity contribution in [2.24, 2.45) is 0 Å². The quantitative estimate of drug-likeness (QED) is 0.731. The Morgan fingerprint density at radius 2 is 2.38 bits per heavy atom. The monoisotopic (exact) mass is 184 g/mol. The normalized spacial score (nSPS) is 12.8. The van der Waals surface area contributed by atoms with Crippen LogP contribution in [0.2, 0.25) is 0 Å². The van der Waals surface area contributed by atoms with Gasteiger partial charge in [-0.15, -0.1) is 0 Å². The van der Waals surface area contributed by atoms with E-state index in [1.54, 1.807) is 0 Å². The summed E-state index contributed by atoms with van der Waals surface area (Å²) in [4.78, 5) is 24.2. The van der Waals surface area contributed by atoms with Gasteiger partial charge in [-0.2, -0.15) is 0 Å². The molecule has 0 aromatic carbocycles. The Hall–Kier alpha value is -1.52. The summed E-state index contributed by atoms with van der Waals surface area (Å²) in [7, 11) is 0. The summed E-state index contributed by atoms with van der Waals surface area (Å²) in [5.74, 6) is -1.08. The van der Waals surface area contributed by atoms with Gasteiger partial charge in [-0.1, -0.05) is 6.92 Å². The molecular formula is C8H12N2O3. The van der Waals surface area contributed by atoms with E-state index in [4.69, 9.17) is 5.11 Å². The van der Waals surface area contributed by atoms with Gasteiger partial charge in [-0.3, -0.25) is 4.57 Å². The van der Waals surface area contributed by atoms with Crippen LogP contribution >= 0.6 is 0 Å². The van der Waals surface area contributed by atoms with Gasteiger partial charge in [0, 0.05) is 12.2 Å². The Balaban J connectivity index is 3.24. The molecule has 0 aliphatic rings. The molecule has 5 heteroatoms. The lowest BCUT2D eigenvalue weighted by Crippen LogP contribution is -2.23. The minimum atomic E-state index is -1.08. The van der Waals surface area contributed by atoms with Crippen LogP contribution in [0.15, 0.2) is 11.0 Å². The summed E-state index contributed by atoms with van der Waals surface area (Å²) in [5, 5.41) is 8.74. The number of carboxylic acid groups (broad SMARTS) is 1. The first-order valence-corrected chi connectivity index (χ1v) is 4.11. The molecule has 1 unspecified atom stereocenters.